The molecule has 0 radical (unpaired) electrons. The second-order valence-electron chi connectivity index (χ2n) is 10.9. The Labute approximate surface area is 236 Å². The zero-order valence-electron chi connectivity index (χ0n) is 24.7. The molecular weight excluding hydrogens is 512 g/mol. The van der Waals surface area contributed by atoms with Gasteiger partial charge in [0.25, 0.3) is 5.91 Å². The number of methoxy groups -OCH3 is 1. The van der Waals surface area contributed by atoms with E-state index < -0.39 is 54.0 Å². The molecule has 0 saturated heterocycles. The lowest BCUT2D eigenvalue weighted by molar-refractivity contribution is -0.144. The monoisotopic (exact) mass is 554 g/mol. The molecule has 0 aliphatic carbocycles. The average Bonchev–Trinajstić information content (AvgIpc) is 2.85. The van der Waals surface area contributed by atoms with E-state index in [4.69, 9.17) is 15.2 Å². The Kier molecular flexibility index (Phi) is 11.1. The van der Waals surface area contributed by atoms with Gasteiger partial charge in [0.05, 0.1) is 13.5 Å². The number of nitrogens with one attached hydrogen (secondary N) is 2. The zero-order chi connectivity index (χ0) is 30.2. The molecule has 2 aromatic carbocycles. The molecular formula is C30H42N4O6. The normalized spacial score (nSPS) is 13.4. The van der Waals surface area contributed by atoms with Crippen molar-refractivity contribution >= 4 is 29.5 Å². The van der Waals surface area contributed by atoms with Gasteiger partial charge in [-0.05, 0) is 83.4 Å². The molecule has 3 unspecified atom stereocenters. The molecule has 2 rings (SSSR count). The summed E-state index contributed by atoms with van der Waals surface area (Å²) in [6, 6.07) is 9.57. The number of primary amides is 1. The van der Waals surface area contributed by atoms with Crippen molar-refractivity contribution in [3.63, 3.8) is 0 Å². The molecule has 0 aromatic heterocycles. The van der Waals surface area contributed by atoms with E-state index in [1.807, 2.05) is 45.9 Å². The average molecular weight is 555 g/mol. The number of nitrogens with zero attached hydrogens (tertiary/aromatic N) is 1. The lowest BCUT2D eigenvalue weighted by Crippen LogP contribution is -2.55. The summed E-state index contributed by atoms with van der Waals surface area (Å²) in [5, 5.41) is 5.40. The van der Waals surface area contributed by atoms with Crippen LogP contribution < -0.4 is 21.1 Å². The van der Waals surface area contributed by atoms with Crippen molar-refractivity contribution in [1.29, 1.82) is 0 Å². The Bertz CT molecular complexity index is 1210. The van der Waals surface area contributed by atoms with Crippen LogP contribution in [0.25, 0.3) is 0 Å². The summed E-state index contributed by atoms with van der Waals surface area (Å²) in [5.74, 6) is -1.25. The molecule has 4 N–H and O–H groups in total. The standard InChI is InChI=1S/C30H42N4O6/c1-9-20(4)34(28(37)24(17-25(31)35)33-29(38)40-30(5,6)7)26(23-15-10-18(2)16-19(23)3)27(36)32-21-11-13-22(39-8)14-12-21/h10-16,20,24,26H,9,17H2,1-8H3,(H2,31,35)(H,32,36)(H,33,38). The van der Waals surface area contributed by atoms with Gasteiger partial charge in [0, 0.05) is 11.7 Å². The maximum atomic E-state index is 14.2. The number of carbonyl (C=O) groups is 4. The van der Waals surface area contributed by atoms with Crippen LogP contribution in [0.4, 0.5) is 10.5 Å². The SMILES string of the molecule is CCC(C)N(C(=O)C(CC(N)=O)NC(=O)OC(C)(C)C)C(C(=O)Nc1ccc(OC)cc1)c1ccc(C)cc1C. The van der Waals surface area contributed by atoms with Gasteiger partial charge in [0.2, 0.25) is 11.8 Å². The number of alkyl carbamates (subject to hydrolysis) is 1. The van der Waals surface area contributed by atoms with Gasteiger partial charge in [-0.1, -0.05) is 30.7 Å². The second kappa shape index (κ2) is 13.8. The van der Waals surface area contributed by atoms with Gasteiger partial charge in [-0.3, -0.25) is 14.4 Å². The first-order chi connectivity index (χ1) is 18.7. The lowest BCUT2D eigenvalue weighted by Gasteiger charge is -2.38. The van der Waals surface area contributed by atoms with Crippen molar-refractivity contribution in [2.24, 2.45) is 5.73 Å². The highest BCUT2D eigenvalue weighted by atomic mass is 16.6. The minimum atomic E-state index is -1.34. The third kappa shape index (κ3) is 9.00. The maximum absolute atomic E-state index is 14.2. The third-order valence-corrected chi connectivity index (χ3v) is 6.32. The summed E-state index contributed by atoms with van der Waals surface area (Å²) in [6.07, 6.45) is -0.842. The van der Waals surface area contributed by atoms with Crippen LogP contribution in [-0.2, 0) is 19.1 Å². The van der Waals surface area contributed by atoms with E-state index in [0.717, 1.165) is 11.1 Å². The molecule has 0 aliphatic heterocycles. The quantitative estimate of drug-likeness (QED) is 0.376. The van der Waals surface area contributed by atoms with E-state index >= 15 is 0 Å². The molecule has 3 atom stereocenters. The minimum Gasteiger partial charge on any atom is -0.497 e. The number of benzene rings is 2. The van der Waals surface area contributed by atoms with Gasteiger partial charge in [-0.25, -0.2) is 4.79 Å². The van der Waals surface area contributed by atoms with Crippen LogP contribution in [0.5, 0.6) is 5.75 Å². The lowest BCUT2D eigenvalue weighted by atomic mass is 9.94. The zero-order valence-corrected chi connectivity index (χ0v) is 24.7. The van der Waals surface area contributed by atoms with Crippen molar-refractivity contribution in [2.75, 3.05) is 12.4 Å². The highest BCUT2D eigenvalue weighted by Crippen LogP contribution is 2.30. The van der Waals surface area contributed by atoms with Gasteiger partial charge in [-0.15, -0.1) is 0 Å². The van der Waals surface area contributed by atoms with Crippen molar-refractivity contribution in [3.8, 4) is 5.75 Å². The summed E-state index contributed by atoms with van der Waals surface area (Å²) in [7, 11) is 1.55. The number of carbonyl (C=O) groups excluding carboxylic acids is 4. The highest BCUT2D eigenvalue weighted by molar-refractivity contribution is 6.00. The molecule has 0 saturated carbocycles. The number of amides is 4. The van der Waals surface area contributed by atoms with Gasteiger partial charge in [0.1, 0.15) is 23.4 Å². The Hall–Kier alpha value is -4.08. The fourth-order valence-electron chi connectivity index (χ4n) is 4.26. The van der Waals surface area contributed by atoms with E-state index in [2.05, 4.69) is 10.6 Å². The molecule has 218 valence electrons. The van der Waals surface area contributed by atoms with Crippen molar-refractivity contribution in [2.45, 2.75) is 85.0 Å². The first-order valence-corrected chi connectivity index (χ1v) is 13.3. The number of nitrogens with two attached hydrogens (primary N) is 1. The molecule has 4 amide bonds. The summed E-state index contributed by atoms with van der Waals surface area (Å²) in [4.78, 5) is 54.2. The summed E-state index contributed by atoms with van der Waals surface area (Å²) < 4.78 is 10.5. The van der Waals surface area contributed by atoms with Gasteiger partial charge < -0.3 is 30.7 Å². The van der Waals surface area contributed by atoms with Gasteiger partial charge in [-0.2, -0.15) is 0 Å². The highest BCUT2D eigenvalue weighted by Gasteiger charge is 2.39. The molecule has 0 aliphatic rings. The number of anilines is 1. The summed E-state index contributed by atoms with van der Waals surface area (Å²) >= 11 is 0. The van der Waals surface area contributed by atoms with Crippen molar-refractivity contribution < 1.29 is 28.7 Å². The number of hydrogen-bond donors (Lipinski definition) is 3. The first kappa shape index (κ1) is 32.1. The fourth-order valence-corrected chi connectivity index (χ4v) is 4.26. The smallest absolute Gasteiger partial charge is 0.408 e. The minimum absolute atomic E-state index is 0.448. The first-order valence-electron chi connectivity index (χ1n) is 13.3. The van der Waals surface area contributed by atoms with Crippen LogP contribution in [0.2, 0.25) is 0 Å². The number of hydrogen-bond acceptors (Lipinski definition) is 6. The van der Waals surface area contributed by atoms with Crippen LogP contribution in [0.1, 0.15) is 70.2 Å². The predicted octanol–water partition coefficient (Wildman–Crippen LogP) is 4.39. The number of aryl methyl sites for hydroxylation is 2. The van der Waals surface area contributed by atoms with E-state index in [1.165, 1.54) is 4.90 Å². The van der Waals surface area contributed by atoms with Crippen LogP contribution in [0.3, 0.4) is 0 Å². The van der Waals surface area contributed by atoms with Crippen LogP contribution in [0.15, 0.2) is 42.5 Å². The van der Waals surface area contributed by atoms with Gasteiger partial charge >= 0.3 is 6.09 Å². The fraction of sp³-hybridized carbons (Fsp3) is 0.467. The molecule has 2 aromatic rings. The van der Waals surface area contributed by atoms with Crippen LogP contribution in [0, 0.1) is 13.8 Å². The van der Waals surface area contributed by atoms with Crippen molar-refractivity contribution in [3.05, 3.63) is 59.2 Å². The Balaban J connectivity index is 2.61. The summed E-state index contributed by atoms with van der Waals surface area (Å²) in [5.41, 5.74) is 7.56. The van der Waals surface area contributed by atoms with Crippen LogP contribution >= 0.6 is 0 Å². The number of rotatable bonds is 11. The van der Waals surface area contributed by atoms with E-state index in [-0.39, 0.29) is 0 Å². The summed E-state index contributed by atoms with van der Waals surface area (Å²) in [6.45, 7) is 12.6. The second-order valence-corrected chi connectivity index (χ2v) is 10.9. The van der Waals surface area contributed by atoms with Crippen LogP contribution in [-0.4, -0.2) is 53.5 Å². The Morgan fingerprint density at radius 1 is 1.02 bits per heavy atom. The molecule has 10 nitrogen and oxygen atoms in total. The Morgan fingerprint density at radius 3 is 2.15 bits per heavy atom. The predicted molar refractivity (Wildman–Crippen MR) is 154 cm³/mol. The molecule has 0 bridgehead atoms. The molecule has 0 heterocycles. The molecule has 10 heteroatoms. The molecule has 40 heavy (non-hydrogen) atoms. The number of ether oxygens (including phenoxy) is 2. The maximum Gasteiger partial charge on any atom is 0.408 e. The van der Waals surface area contributed by atoms with E-state index in [0.29, 0.717) is 23.4 Å². The topological polar surface area (TPSA) is 140 Å². The van der Waals surface area contributed by atoms with Gasteiger partial charge in [0.15, 0.2) is 0 Å². The largest absolute Gasteiger partial charge is 0.497 e. The molecule has 0 spiro atoms. The van der Waals surface area contributed by atoms with Crippen molar-refractivity contribution in [1.82, 2.24) is 10.2 Å². The Morgan fingerprint density at radius 2 is 1.65 bits per heavy atom. The molecule has 0 fully saturated rings. The van der Waals surface area contributed by atoms with E-state index in [9.17, 15) is 19.2 Å². The van der Waals surface area contributed by atoms with E-state index in [1.54, 1.807) is 52.1 Å². The third-order valence-electron chi connectivity index (χ3n) is 6.32.